The first-order valence-electron chi connectivity index (χ1n) is 6.20. The number of hydrogen-bond donors (Lipinski definition) is 1. The van der Waals surface area contributed by atoms with Crippen molar-refractivity contribution >= 4 is 0 Å². The highest BCUT2D eigenvalue weighted by atomic mass is 16.5. The number of benzene rings is 1. The molecule has 1 N–H and O–H groups in total. The summed E-state index contributed by atoms with van der Waals surface area (Å²) in [5.41, 5.74) is 1.26. The monoisotopic (exact) mass is 219 g/mol. The van der Waals surface area contributed by atoms with Gasteiger partial charge in [-0.1, -0.05) is 32.0 Å². The Bertz CT molecular complexity index is 306. The molecule has 16 heavy (non-hydrogen) atoms. The van der Waals surface area contributed by atoms with E-state index >= 15 is 0 Å². The van der Waals surface area contributed by atoms with Crippen molar-refractivity contribution in [3.63, 3.8) is 0 Å². The van der Waals surface area contributed by atoms with Gasteiger partial charge in [0, 0.05) is 18.2 Å². The van der Waals surface area contributed by atoms with E-state index in [0.717, 1.165) is 24.8 Å². The molecule has 1 fully saturated rings. The predicted molar refractivity (Wildman–Crippen MR) is 66.6 cm³/mol. The number of nitrogens with one attached hydrogen (secondary N) is 1. The maximum absolute atomic E-state index is 5.85. The fourth-order valence-electron chi connectivity index (χ4n) is 1.60. The molecule has 0 aromatic heterocycles. The van der Waals surface area contributed by atoms with Crippen LogP contribution in [0.2, 0.25) is 0 Å². The third kappa shape index (κ3) is 3.53. The van der Waals surface area contributed by atoms with Gasteiger partial charge in [0.15, 0.2) is 0 Å². The van der Waals surface area contributed by atoms with Crippen LogP contribution in [0.25, 0.3) is 0 Å². The summed E-state index contributed by atoms with van der Waals surface area (Å²) in [6, 6.07) is 8.83. The third-order valence-electron chi connectivity index (χ3n) is 2.84. The molecule has 0 unspecified atom stereocenters. The normalized spacial score (nSPS) is 15.4. The maximum atomic E-state index is 5.85. The molecule has 0 spiro atoms. The van der Waals surface area contributed by atoms with Crippen LogP contribution in [0.3, 0.4) is 0 Å². The molecule has 0 saturated heterocycles. The highest BCUT2D eigenvalue weighted by Crippen LogP contribution is 2.30. The van der Waals surface area contributed by atoms with Gasteiger partial charge >= 0.3 is 0 Å². The van der Waals surface area contributed by atoms with Crippen LogP contribution in [0, 0.1) is 5.92 Å². The molecule has 0 bridgehead atoms. The van der Waals surface area contributed by atoms with Gasteiger partial charge in [0.2, 0.25) is 0 Å². The lowest BCUT2D eigenvalue weighted by atomic mass is 10.2. The Morgan fingerprint density at radius 1 is 1.31 bits per heavy atom. The van der Waals surface area contributed by atoms with Gasteiger partial charge in [0.1, 0.15) is 5.75 Å². The van der Waals surface area contributed by atoms with Gasteiger partial charge < -0.3 is 10.1 Å². The molecule has 2 nitrogen and oxygen atoms in total. The van der Waals surface area contributed by atoms with Gasteiger partial charge in [-0.25, -0.2) is 0 Å². The van der Waals surface area contributed by atoms with Crippen LogP contribution in [0.4, 0.5) is 0 Å². The van der Waals surface area contributed by atoms with Crippen LogP contribution >= 0.6 is 0 Å². The molecule has 2 rings (SSSR count). The minimum Gasteiger partial charge on any atom is -0.493 e. The van der Waals surface area contributed by atoms with Crippen molar-refractivity contribution in [1.29, 1.82) is 0 Å². The van der Waals surface area contributed by atoms with Gasteiger partial charge in [-0.2, -0.15) is 0 Å². The minimum absolute atomic E-state index is 0.511. The van der Waals surface area contributed by atoms with E-state index in [9.17, 15) is 0 Å². The highest BCUT2D eigenvalue weighted by Gasteiger charge is 2.22. The standard InChI is InChI=1S/C14H21NO/c1-11(2)15-9-13-5-3-4-6-14(13)16-10-12-7-8-12/h3-6,11-12,15H,7-10H2,1-2H3. The highest BCUT2D eigenvalue weighted by molar-refractivity contribution is 5.33. The topological polar surface area (TPSA) is 21.3 Å². The zero-order chi connectivity index (χ0) is 11.4. The summed E-state index contributed by atoms with van der Waals surface area (Å²) >= 11 is 0. The molecule has 1 aromatic carbocycles. The van der Waals surface area contributed by atoms with Gasteiger partial charge in [-0.05, 0) is 24.8 Å². The molecular weight excluding hydrogens is 198 g/mol. The van der Waals surface area contributed by atoms with Crippen LogP contribution in [0.15, 0.2) is 24.3 Å². The van der Waals surface area contributed by atoms with Gasteiger partial charge in [-0.15, -0.1) is 0 Å². The molecule has 0 radical (unpaired) electrons. The van der Waals surface area contributed by atoms with Crippen LogP contribution in [0.5, 0.6) is 5.75 Å². The summed E-state index contributed by atoms with van der Waals surface area (Å²) in [6.45, 7) is 6.10. The van der Waals surface area contributed by atoms with E-state index in [1.807, 2.05) is 6.07 Å². The fraction of sp³-hybridized carbons (Fsp3) is 0.571. The van der Waals surface area contributed by atoms with Crippen LogP contribution in [-0.2, 0) is 6.54 Å². The molecule has 1 aliphatic carbocycles. The first kappa shape index (κ1) is 11.5. The third-order valence-corrected chi connectivity index (χ3v) is 2.84. The molecule has 2 heteroatoms. The lowest BCUT2D eigenvalue weighted by Crippen LogP contribution is -2.22. The number of ether oxygens (including phenoxy) is 1. The van der Waals surface area contributed by atoms with Crippen LogP contribution in [-0.4, -0.2) is 12.6 Å². The summed E-state index contributed by atoms with van der Waals surface area (Å²) in [5.74, 6) is 1.86. The molecule has 0 heterocycles. The minimum atomic E-state index is 0.511. The van der Waals surface area contributed by atoms with Crippen molar-refractivity contribution in [1.82, 2.24) is 5.32 Å². The summed E-state index contributed by atoms with van der Waals surface area (Å²) < 4.78 is 5.85. The average Bonchev–Trinajstić information content (AvgIpc) is 3.08. The Morgan fingerprint density at radius 2 is 2.06 bits per heavy atom. The SMILES string of the molecule is CC(C)NCc1ccccc1OCC1CC1. The summed E-state index contributed by atoms with van der Waals surface area (Å²) in [6.07, 6.45) is 2.68. The van der Waals surface area contributed by atoms with Gasteiger partial charge in [-0.3, -0.25) is 0 Å². The van der Waals surface area contributed by atoms with Gasteiger partial charge in [0.25, 0.3) is 0 Å². The molecule has 88 valence electrons. The van der Waals surface area contributed by atoms with Crippen molar-refractivity contribution in [3.8, 4) is 5.75 Å². The molecule has 0 aliphatic heterocycles. The smallest absolute Gasteiger partial charge is 0.123 e. The van der Waals surface area contributed by atoms with Crippen molar-refractivity contribution in [2.24, 2.45) is 5.92 Å². The summed E-state index contributed by atoms with van der Waals surface area (Å²) in [5, 5.41) is 3.43. The van der Waals surface area contributed by atoms with Crippen molar-refractivity contribution in [2.45, 2.75) is 39.3 Å². The quantitative estimate of drug-likeness (QED) is 0.794. The largest absolute Gasteiger partial charge is 0.493 e. The van der Waals surface area contributed by atoms with E-state index < -0.39 is 0 Å². The van der Waals surface area contributed by atoms with E-state index in [4.69, 9.17) is 4.74 Å². The molecule has 1 aromatic rings. The summed E-state index contributed by atoms with van der Waals surface area (Å²) in [4.78, 5) is 0. The maximum Gasteiger partial charge on any atom is 0.123 e. The molecule has 1 saturated carbocycles. The Hall–Kier alpha value is -1.02. The predicted octanol–water partition coefficient (Wildman–Crippen LogP) is 2.97. The van der Waals surface area contributed by atoms with Gasteiger partial charge in [0.05, 0.1) is 6.61 Å². The van der Waals surface area contributed by atoms with E-state index in [0.29, 0.717) is 6.04 Å². The Kier molecular flexibility index (Phi) is 3.83. The Morgan fingerprint density at radius 3 is 2.75 bits per heavy atom. The summed E-state index contributed by atoms with van der Waals surface area (Å²) in [7, 11) is 0. The van der Waals surface area contributed by atoms with E-state index in [2.05, 4.69) is 37.4 Å². The lowest BCUT2D eigenvalue weighted by Gasteiger charge is -2.13. The number of rotatable bonds is 6. The van der Waals surface area contributed by atoms with Crippen LogP contribution < -0.4 is 10.1 Å². The average molecular weight is 219 g/mol. The second-order valence-electron chi connectivity index (χ2n) is 4.90. The second-order valence-corrected chi connectivity index (χ2v) is 4.90. The fourth-order valence-corrected chi connectivity index (χ4v) is 1.60. The molecule has 0 amide bonds. The zero-order valence-corrected chi connectivity index (χ0v) is 10.2. The van der Waals surface area contributed by atoms with Crippen molar-refractivity contribution in [3.05, 3.63) is 29.8 Å². The second kappa shape index (κ2) is 5.35. The molecule has 1 aliphatic rings. The Balaban J connectivity index is 1.92. The zero-order valence-electron chi connectivity index (χ0n) is 10.2. The molecule has 0 atom stereocenters. The lowest BCUT2D eigenvalue weighted by molar-refractivity contribution is 0.296. The number of hydrogen-bond acceptors (Lipinski definition) is 2. The van der Waals surface area contributed by atoms with Crippen molar-refractivity contribution in [2.75, 3.05) is 6.61 Å². The Labute approximate surface area is 98.0 Å². The number of para-hydroxylation sites is 1. The van der Waals surface area contributed by atoms with E-state index in [1.54, 1.807) is 0 Å². The van der Waals surface area contributed by atoms with E-state index in [-0.39, 0.29) is 0 Å². The first-order chi connectivity index (χ1) is 7.75. The van der Waals surface area contributed by atoms with Crippen molar-refractivity contribution < 1.29 is 4.74 Å². The van der Waals surface area contributed by atoms with Crippen LogP contribution in [0.1, 0.15) is 32.3 Å². The first-order valence-corrected chi connectivity index (χ1v) is 6.20. The van der Waals surface area contributed by atoms with E-state index in [1.165, 1.54) is 18.4 Å². The molecular formula is C14H21NO.